The number of aryl methyl sites for hydroxylation is 1. The van der Waals surface area contributed by atoms with Gasteiger partial charge >= 0.3 is 0 Å². The van der Waals surface area contributed by atoms with E-state index in [9.17, 15) is 9.18 Å². The van der Waals surface area contributed by atoms with Gasteiger partial charge in [-0.2, -0.15) is 0 Å². The number of carbonyl (C=O) groups is 1. The Hall–Kier alpha value is -2.36. The van der Waals surface area contributed by atoms with Crippen LogP contribution >= 0.6 is 0 Å². The largest absolute Gasteiger partial charge is 0.376 e. The van der Waals surface area contributed by atoms with E-state index in [0.29, 0.717) is 12.2 Å². The Morgan fingerprint density at radius 2 is 1.86 bits per heavy atom. The van der Waals surface area contributed by atoms with Crippen LogP contribution in [-0.4, -0.2) is 19.0 Å². The molecule has 0 aromatic heterocycles. The van der Waals surface area contributed by atoms with Gasteiger partial charge in [-0.15, -0.1) is 0 Å². The molecule has 0 unspecified atom stereocenters. The van der Waals surface area contributed by atoms with Crippen molar-refractivity contribution in [3.63, 3.8) is 0 Å². The Labute approximate surface area is 124 Å². The Morgan fingerprint density at radius 1 is 1.05 bits per heavy atom. The number of anilines is 1. The Morgan fingerprint density at radius 3 is 2.62 bits per heavy atom. The minimum atomic E-state index is -0.316. The molecule has 0 spiro atoms. The summed E-state index contributed by atoms with van der Waals surface area (Å²) < 4.78 is 13.0. The highest BCUT2D eigenvalue weighted by atomic mass is 19.1. The third kappa shape index (κ3) is 5.65. The predicted octanol–water partition coefficient (Wildman–Crippen LogP) is 2.99. The van der Waals surface area contributed by atoms with Crippen LogP contribution in [0.25, 0.3) is 0 Å². The highest BCUT2D eigenvalue weighted by molar-refractivity contribution is 5.80. The molecule has 2 rings (SSSR count). The fourth-order valence-electron chi connectivity index (χ4n) is 2.01. The Balaban J connectivity index is 1.62. The number of amides is 1. The van der Waals surface area contributed by atoms with Crippen LogP contribution in [0.3, 0.4) is 0 Å². The van der Waals surface area contributed by atoms with E-state index in [0.717, 1.165) is 12.8 Å². The van der Waals surface area contributed by atoms with Crippen LogP contribution < -0.4 is 10.6 Å². The molecule has 2 N–H and O–H groups in total. The molecular weight excluding hydrogens is 267 g/mol. The molecule has 2 aromatic rings. The minimum absolute atomic E-state index is 0.0904. The van der Waals surface area contributed by atoms with Gasteiger partial charge in [0.15, 0.2) is 0 Å². The van der Waals surface area contributed by atoms with E-state index < -0.39 is 0 Å². The van der Waals surface area contributed by atoms with Crippen LogP contribution in [0.15, 0.2) is 54.6 Å². The fourth-order valence-corrected chi connectivity index (χ4v) is 2.01. The van der Waals surface area contributed by atoms with Crippen molar-refractivity contribution in [3.8, 4) is 0 Å². The van der Waals surface area contributed by atoms with E-state index in [2.05, 4.69) is 22.8 Å². The van der Waals surface area contributed by atoms with Crippen molar-refractivity contribution in [2.45, 2.75) is 12.8 Å². The summed E-state index contributed by atoms with van der Waals surface area (Å²) in [5.74, 6) is -0.407. The third-order valence-electron chi connectivity index (χ3n) is 3.08. The lowest BCUT2D eigenvalue weighted by Crippen LogP contribution is -2.30. The molecule has 0 aliphatic heterocycles. The molecule has 0 bridgehead atoms. The molecule has 0 heterocycles. The standard InChI is InChI=1S/C17H19FN2O/c18-15-9-4-10-16(12-15)20-13-17(21)19-11-5-8-14-6-2-1-3-7-14/h1-4,6-7,9-10,12,20H,5,8,11,13H2,(H,19,21). The van der Waals surface area contributed by atoms with Gasteiger partial charge in [0.1, 0.15) is 5.82 Å². The van der Waals surface area contributed by atoms with E-state index in [1.165, 1.54) is 17.7 Å². The van der Waals surface area contributed by atoms with Gasteiger partial charge in [-0.1, -0.05) is 36.4 Å². The summed E-state index contributed by atoms with van der Waals surface area (Å²) in [5, 5.41) is 5.73. The third-order valence-corrected chi connectivity index (χ3v) is 3.08. The van der Waals surface area contributed by atoms with Crippen molar-refractivity contribution in [2.75, 3.05) is 18.4 Å². The van der Waals surface area contributed by atoms with Crippen LogP contribution in [0.2, 0.25) is 0 Å². The second-order valence-corrected chi connectivity index (χ2v) is 4.80. The van der Waals surface area contributed by atoms with Gasteiger partial charge < -0.3 is 10.6 Å². The normalized spacial score (nSPS) is 10.1. The summed E-state index contributed by atoms with van der Waals surface area (Å²) in [4.78, 5) is 11.6. The average Bonchev–Trinajstić information content (AvgIpc) is 2.51. The van der Waals surface area contributed by atoms with Crippen LogP contribution in [0, 0.1) is 5.82 Å². The van der Waals surface area contributed by atoms with Crippen molar-refractivity contribution in [2.24, 2.45) is 0 Å². The zero-order chi connectivity index (χ0) is 14.9. The molecule has 4 heteroatoms. The molecule has 1 amide bonds. The first-order chi connectivity index (χ1) is 10.2. The van der Waals surface area contributed by atoms with Gasteiger partial charge in [0, 0.05) is 12.2 Å². The van der Waals surface area contributed by atoms with Gasteiger partial charge in [0.25, 0.3) is 0 Å². The van der Waals surface area contributed by atoms with Crippen molar-refractivity contribution < 1.29 is 9.18 Å². The van der Waals surface area contributed by atoms with E-state index >= 15 is 0 Å². The van der Waals surface area contributed by atoms with Crippen molar-refractivity contribution in [1.29, 1.82) is 0 Å². The summed E-state index contributed by atoms with van der Waals surface area (Å²) in [6.45, 7) is 0.785. The van der Waals surface area contributed by atoms with Crippen LogP contribution in [-0.2, 0) is 11.2 Å². The van der Waals surface area contributed by atoms with Gasteiger partial charge in [-0.05, 0) is 36.6 Å². The highest BCUT2D eigenvalue weighted by Gasteiger charge is 2.01. The number of nitrogens with one attached hydrogen (secondary N) is 2. The van der Waals surface area contributed by atoms with E-state index in [4.69, 9.17) is 0 Å². The molecule has 0 fully saturated rings. The van der Waals surface area contributed by atoms with Gasteiger partial charge in [0.2, 0.25) is 5.91 Å². The van der Waals surface area contributed by atoms with Crippen LogP contribution in [0.4, 0.5) is 10.1 Å². The Bertz CT molecular complexity index is 572. The van der Waals surface area contributed by atoms with E-state index in [-0.39, 0.29) is 18.3 Å². The van der Waals surface area contributed by atoms with Crippen molar-refractivity contribution in [1.82, 2.24) is 5.32 Å². The highest BCUT2D eigenvalue weighted by Crippen LogP contribution is 2.08. The number of carbonyl (C=O) groups excluding carboxylic acids is 1. The van der Waals surface area contributed by atoms with Gasteiger partial charge in [-0.25, -0.2) is 4.39 Å². The maximum Gasteiger partial charge on any atom is 0.239 e. The maximum absolute atomic E-state index is 13.0. The number of benzene rings is 2. The van der Waals surface area contributed by atoms with E-state index in [1.807, 2.05) is 18.2 Å². The first-order valence-electron chi connectivity index (χ1n) is 7.04. The number of hydrogen-bond acceptors (Lipinski definition) is 2. The smallest absolute Gasteiger partial charge is 0.239 e. The average molecular weight is 286 g/mol. The maximum atomic E-state index is 13.0. The molecule has 3 nitrogen and oxygen atoms in total. The molecular formula is C17H19FN2O. The SMILES string of the molecule is O=C(CNc1cccc(F)c1)NCCCc1ccccc1. The molecule has 0 atom stereocenters. The first-order valence-corrected chi connectivity index (χ1v) is 7.04. The lowest BCUT2D eigenvalue weighted by molar-refractivity contribution is -0.119. The summed E-state index contributed by atoms with van der Waals surface area (Å²) in [6.07, 6.45) is 1.84. The first kappa shape index (κ1) is 15.0. The molecule has 0 aliphatic rings. The van der Waals surface area contributed by atoms with Gasteiger partial charge in [0.05, 0.1) is 6.54 Å². The molecule has 21 heavy (non-hydrogen) atoms. The second kappa shape index (κ2) is 8.04. The number of halogens is 1. The zero-order valence-corrected chi connectivity index (χ0v) is 11.8. The molecule has 2 aromatic carbocycles. The van der Waals surface area contributed by atoms with E-state index in [1.54, 1.807) is 12.1 Å². The van der Waals surface area contributed by atoms with Crippen molar-refractivity contribution in [3.05, 3.63) is 66.0 Å². The van der Waals surface area contributed by atoms with Gasteiger partial charge in [-0.3, -0.25) is 4.79 Å². The zero-order valence-electron chi connectivity index (χ0n) is 11.8. The molecule has 0 radical (unpaired) electrons. The summed E-state index contributed by atoms with van der Waals surface area (Å²) in [5.41, 5.74) is 1.87. The Kier molecular flexibility index (Phi) is 5.76. The number of rotatable bonds is 7. The summed E-state index contributed by atoms with van der Waals surface area (Å²) in [7, 11) is 0. The molecule has 0 saturated heterocycles. The second-order valence-electron chi connectivity index (χ2n) is 4.80. The minimum Gasteiger partial charge on any atom is -0.376 e. The summed E-state index contributed by atoms with van der Waals surface area (Å²) in [6, 6.07) is 16.2. The molecule has 110 valence electrons. The fraction of sp³-hybridized carbons (Fsp3) is 0.235. The molecule has 0 aliphatic carbocycles. The lowest BCUT2D eigenvalue weighted by Gasteiger charge is -2.08. The quantitative estimate of drug-likeness (QED) is 0.768. The molecule has 0 saturated carbocycles. The predicted molar refractivity (Wildman–Crippen MR) is 82.7 cm³/mol. The lowest BCUT2D eigenvalue weighted by atomic mass is 10.1. The van der Waals surface area contributed by atoms with Crippen LogP contribution in [0.5, 0.6) is 0 Å². The summed E-state index contributed by atoms with van der Waals surface area (Å²) >= 11 is 0. The van der Waals surface area contributed by atoms with Crippen LogP contribution in [0.1, 0.15) is 12.0 Å². The topological polar surface area (TPSA) is 41.1 Å². The van der Waals surface area contributed by atoms with Crippen molar-refractivity contribution >= 4 is 11.6 Å². The number of hydrogen-bond donors (Lipinski definition) is 2. The monoisotopic (exact) mass is 286 g/mol.